The average Bonchev–Trinajstić information content (AvgIpc) is 2.67. The van der Waals surface area contributed by atoms with E-state index in [1.54, 1.807) is 50.7 Å². The summed E-state index contributed by atoms with van der Waals surface area (Å²) in [4.78, 5) is 32.4. The Kier molecular flexibility index (Phi) is 3.97. The van der Waals surface area contributed by atoms with Gasteiger partial charge in [0.2, 0.25) is 5.91 Å². The molecule has 118 valence electrons. The van der Waals surface area contributed by atoms with Gasteiger partial charge in [0.15, 0.2) is 0 Å². The molecule has 23 heavy (non-hydrogen) atoms. The molecule has 0 radical (unpaired) electrons. The first-order valence-electron chi connectivity index (χ1n) is 7.24. The monoisotopic (exact) mass is 311 g/mol. The van der Waals surface area contributed by atoms with Gasteiger partial charge < -0.3 is 14.5 Å². The summed E-state index contributed by atoms with van der Waals surface area (Å²) in [6.07, 6.45) is 1.62. The summed E-state index contributed by atoms with van der Waals surface area (Å²) in [5.74, 6) is 0.357. The molecule has 3 rings (SSSR count). The predicted octanol–water partition coefficient (Wildman–Crippen LogP) is 1.71. The molecular formula is C17H17N3O3. The van der Waals surface area contributed by atoms with Crippen LogP contribution in [0.2, 0.25) is 0 Å². The summed E-state index contributed by atoms with van der Waals surface area (Å²) >= 11 is 0. The van der Waals surface area contributed by atoms with Gasteiger partial charge in [-0.2, -0.15) is 0 Å². The standard InChI is InChI=1S/C17H17N3O3/c1-19-15-6-4-3-5-14(15)17(22)20(11-16(19)21)10-12-9-13(23-2)7-8-18-12/h3-9H,10-11H2,1-2H3. The van der Waals surface area contributed by atoms with Crippen molar-refractivity contribution in [2.75, 3.05) is 25.6 Å². The maximum Gasteiger partial charge on any atom is 0.256 e. The van der Waals surface area contributed by atoms with Crippen LogP contribution in [0, 0.1) is 0 Å². The number of hydrogen-bond donors (Lipinski definition) is 0. The van der Waals surface area contributed by atoms with Crippen LogP contribution >= 0.6 is 0 Å². The second kappa shape index (κ2) is 6.08. The largest absolute Gasteiger partial charge is 0.497 e. The number of methoxy groups -OCH3 is 1. The van der Waals surface area contributed by atoms with Crippen LogP contribution in [-0.2, 0) is 11.3 Å². The zero-order chi connectivity index (χ0) is 16.4. The van der Waals surface area contributed by atoms with Crippen LogP contribution in [0.15, 0.2) is 42.6 Å². The third kappa shape index (κ3) is 2.88. The number of rotatable bonds is 3. The molecule has 0 bridgehead atoms. The molecule has 0 unspecified atom stereocenters. The Morgan fingerprint density at radius 2 is 2.00 bits per heavy atom. The molecule has 0 spiro atoms. The maximum absolute atomic E-state index is 12.8. The summed E-state index contributed by atoms with van der Waals surface area (Å²) in [7, 11) is 3.26. The van der Waals surface area contributed by atoms with Crippen molar-refractivity contribution >= 4 is 17.5 Å². The number of nitrogens with zero attached hydrogens (tertiary/aromatic N) is 3. The third-order valence-electron chi connectivity index (χ3n) is 3.86. The number of ether oxygens (including phenoxy) is 1. The Bertz CT molecular complexity index is 760. The number of carbonyl (C=O) groups excluding carboxylic acids is 2. The average molecular weight is 311 g/mol. The number of likely N-dealkylation sites (N-methyl/N-ethyl adjacent to an activating group) is 1. The number of anilines is 1. The molecule has 1 aromatic carbocycles. The van der Waals surface area contributed by atoms with Gasteiger partial charge in [-0.1, -0.05) is 12.1 Å². The molecule has 1 aliphatic heterocycles. The van der Waals surface area contributed by atoms with Crippen molar-refractivity contribution in [3.8, 4) is 5.75 Å². The van der Waals surface area contributed by atoms with Gasteiger partial charge in [-0.05, 0) is 18.2 Å². The van der Waals surface area contributed by atoms with Gasteiger partial charge in [0.1, 0.15) is 12.3 Å². The molecule has 0 saturated carbocycles. The molecule has 2 amide bonds. The van der Waals surface area contributed by atoms with Crippen LogP contribution in [0.5, 0.6) is 5.75 Å². The molecule has 2 heterocycles. The fourth-order valence-corrected chi connectivity index (χ4v) is 2.59. The highest BCUT2D eigenvalue weighted by molar-refractivity contribution is 6.09. The van der Waals surface area contributed by atoms with Crippen LogP contribution < -0.4 is 9.64 Å². The highest BCUT2D eigenvalue weighted by atomic mass is 16.5. The molecule has 0 fully saturated rings. The molecular weight excluding hydrogens is 294 g/mol. The summed E-state index contributed by atoms with van der Waals surface area (Å²) in [5, 5.41) is 0. The number of hydrogen-bond acceptors (Lipinski definition) is 4. The van der Waals surface area contributed by atoms with Crippen molar-refractivity contribution < 1.29 is 14.3 Å². The maximum atomic E-state index is 12.8. The zero-order valence-corrected chi connectivity index (χ0v) is 13.0. The lowest BCUT2D eigenvalue weighted by molar-refractivity contribution is -0.119. The number of fused-ring (bicyclic) bond motifs is 1. The minimum Gasteiger partial charge on any atom is -0.497 e. The quantitative estimate of drug-likeness (QED) is 0.866. The van der Waals surface area contributed by atoms with Crippen LogP contribution in [0.25, 0.3) is 0 Å². The summed E-state index contributed by atoms with van der Waals surface area (Å²) < 4.78 is 5.17. The summed E-state index contributed by atoms with van der Waals surface area (Å²) in [5.41, 5.74) is 1.82. The predicted molar refractivity (Wildman–Crippen MR) is 85.4 cm³/mol. The molecule has 6 heteroatoms. The second-order valence-corrected chi connectivity index (χ2v) is 5.32. The molecule has 6 nitrogen and oxygen atoms in total. The SMILES string of the molecule is COc1ccnc(CN2CC(=O)N(C)c3ccccc3C2=O)c1. The van der Waals surface area contributed by atoms with Gasteiger partial charge in [0.05, 0.1) is 30.6 Å². The number of benzene rings is 1. The molecule has 1 aromatic heterocycles. The van der Waals surface area contributed by atoms with E-state index >= 15 is 0 Å². The lowest BCUT2D eigenvalue weighted by Gasteiger charge is -2.19. The Labute approximate surface area is 134 Å². The van der Waals surface area contributed by atoms with E-state index in [1.165, 1.54) is 9.80 Å². The van der Waals surface area contributed by atoms with Gasteiger partial charge in [-0.3, -0.25) is 14.6 Å². The molecule has 0 N–H and O–H groups in total. The van der Waals surface area contributed by atoms with Crippen LogP contribution in [0.1, 0.15) is 16.1 Å². The zero-order valence-electron chi connectivity index (χ0n) is 13.0. The van der Waals surface area contributed by atoms with Crippen molar-refractivity contribution in [2.24, 2.45) is 0 Å². The first-order valence-corrected chi connectivity index (χ1v) is 7.24. The normalized spacial score (nSPS) is 14.5. The van der Waals surface area contributed by atoms with Crippen LogP contribution in [0.4, 0.5) is 5.69 Å². The Morgan fingerprint density at radius 3 is 2.78 bits per heavy atom. The highest BCUT2D eigenvalue weighted by Gasteiger charge is 2.29. The van der Waals surface area contributed by atoms with E-state index in [0.29, 0.717) is 22.7 Å². The molecule has 0 atom stereocenters. The summed E-state index contributed by atoms with van der Waals surface area (Å²) in [6, 6.07) is 10.6. The summed E-state index contributed by atoms with van der Waals surface area (Å²) in [6.45, 7) is 0.271. The first kappa shape index (κ1) is 15.0. The number of para-hydroxylation sites is 1. The van der Waals surface area contributed by atoms with Crippen molar-refractivity contribution in [3.05, 3.63) is 53.9 Å². The van der Waals surface area contributed by atoms with E-state index in [4.69, 9.17) is 4.74 Å². The Balaban J connectivity index is 1.94. The van der Waals surface area contributed by atoms with E-state index < -0.39 is 0 Å². The molecule has 0 aliphatic carbocycles. The molecule has 2 aromatic rings. The molecule has 1 aliphatic rings. The van der Waals surface area contributed by atoms with E-state index in [-0.39, 0.29) is 24.9 Å². The fourth-order valence-electron chi connectivity index (χ4n) is 2.59. The van der Waals surface area contributed by atoms with Crippen molar-refractivity contribution in [1.29, 1.82) is 0 Å². The second-order valence-electron chi connectivity index (χ2n) is 5.32. The minimum atomic E-state index is -0.178. The van der Waals surface area contributed by atoms with E-state index in [1.807, 2.05) is 6.07 Å². The van der Waals surface area contributed by atoms with Crippen LogP contribution in [-0.4, -0.2) is 42.4 Å². The smallest absolute Gasteiger partial charge is 0.256 e. The number of amides is 2. The third-order valence-corrected chi connectivity index (χ3v) is 3.86. The van der Waals surface area contributed by atoms with E-state index in [0.717, 1.165) is 0 Å². The van der Waals surface area contributed by atoms with Gasteiger partial charge in [-0.25, -0.2) is 0 Å². The van der Waals surface area contributed by atoms with Gasteiger partial charge >= 0.3 is 0 Å². The van der Waals surface area contributed by atoms with Gasteiger partial charge in [0, 0.05) is 19.3 Å². The van der Waals surface area contributed by atoms with Gasteiger partial charge in [-0.15, -0.1) is 0 Å². The topological polar surface area (TPSA) is 62.7 Å². The highest BCUT2D eigenvalue weighted by Crippen LogP contribution is 2.25. The van der Waals surface area contributed by atoms with Crippen molar-refractivity contribution in [3.63, 3.8) is 0 Å². The number of carbonyl (C=O) groups is 2. The Hall–Kier alpha value is -2.89. The number of aromatic nitrogens is 1. The van der Waals surface area contributed by atoms with Crippen LogP contribution in [0.3, 0.4) is 0 Å². The lowest BCUT2D eigenvalue weighted by Crippen LogP contribution is -2.37. The van der Waals surface area contributed by atoms with E-state index in [9.17, 15) is 9.59 Å². The van der Waals surface area contributed by atoms with Crippen molar-refractivity contribution in [2.45, 2.75) is 6.54 Å². The fraction of sp³-hybridized carbons (Fsp3) is 0.235. The minimum absolute atomic E-state index is 0.0168. The Morgan fingerprint density at radius 1 is 1.22 bits per heavy atom. The first-order chi connectivity index (χ1) is 11.1. The number of pyridine rings is 1. The molecule has 0 saturated heterocycles. The lowest BCUT2D eigenvalue weighted by atomic mass is 10.1. The van der Waals surface area contributed by atoms with E-state index in [2.05, 4.69) is 4.98 Å². The van der Waals surface area contributed by atoms with Crippen molar-refractivity contribution in [1.82, 2.24) is 9.88 Å². The van der Waals surface area contributed by atoms with Gasteiger partial charge in [0.25, 0.3) is 5.91 Å².